The van der Waals surface area contributed by atoms with E-state index in [-0.39, 0.29) is 11.0 Å². The van der Waals surface area contributed by atoms with Gasteiger partial charge in [-0.3, -0.25) is 4.79 Å². The number of ether oxygens (including phenoxy) is 1. The number of carbonyl (C=O) groups is 1. The first-order chi connectivity index (χ1) is 9.40. The van der Waals surface area contributed by atoms with E-state index < -0.39 is 5.82 Å². The average molecular weight is 272 g/mol. The first-order valence-electron chi connectivity index (χ1n) is 6.43. The highest BCUT2D eigenvalue weighted by molar-refractivity contribution is 5.79. The van der Waals surface area contributed by atoms with Crippen molar-refractivity contribution in [3.05, 3.63) is 59.4 Å². The zero-order valence-corrected chi connectivity index (χ0v) is 11.8. The van der Waals surface area contributed by atoms with Crippen LogP contribution in [0.1, 0.15) is 36.7 Å². The third-order valence-corrected chi connectivity index (χ3v) is 3.05. The van der Waals surface area contributed by atoms with E-state index in [0.29, 0.717) is 17.8 Å². The van der Waals surface area contributed by atoms with Crippen molar-refractivity contribution in [1.29, 1.82) is 0 Å². The maximum absolute atomic E-state index is 13.0. The third-order valence-electron chi connectivity index (χ3n) is 3.05. The fourth-order valence-corrected chi connectivity index (χ4v) is 1.85. The van der Waals surface area contributed by atoms with Crippen LogP contribution >= 0.6 is 0 Å². The number of aldehydes is 1. The molecule has 0 bridgehead atoms. The van der Waals surface area contributed by atoms with Crippen molar-refractivity contribution in [2.75, 3.05) is 0 Å². The van der Waals surface area contributed by atoms with Gasteiger partial charge < -0.3 is 4.74 Å². The summed E-state index contributed by atoms with van der Waals surface area (Å²) in [6.07, 6.45) is 0.585. The molecule has 0 fully saturated rings. The third kappa shape index (κ3) is 3.23. The molecule has 2 rings (SSSR count). The number of rotatable bonds is 3. The van der Waals surface area contributed by atoms with Gasteiger partial charge in [0.2, 0.25) is 0 Å². The lowest BCUT2D eigenvalue weighted by molar-refractivity contribution is 0.112. The van der Waals surface area contributed by atoms with Crippen molar-refractivity contribution in [2.45, 2.75) is 26.2 Å². The van der Waals surface area contributed by atoms with Crippen LogP contribution in [0.25, 0.3) is 0 Å². The molecule has 0 N–H and O–H groups in total. The van der Waals surface area contributed by atoms with E-state index in [9.17, 15) is 9.18 Å². The largest absolute Gasteiger partial charge is 0.457 e. The van der Waals surface area contributed by atoms with E-state index in [1.165, 1.54) is 17.7 Å². The standard InChI is InChI=1S/C17H17FO2/c1-17(2,3)13-4-7-15(8-5-13)20-16-9-6-14(18)10-12(16)11-19/h4-11H,1-3H3. The number of benzene rings is 2. The van der Waals surface area contributed by atoms with Crippen LogP contribution in [0.2, 0.25) is 0 Å². The van der Waals surface area contributed by atoms with Gasteiger partial charge in [0.05, 0.1) is 5.56 Å². The highest BCUT2D eigenvalue weighted by Crippen LogP contribution is 2.28. The highest BCUT2D eigenvalue weighted by Gasteiger charge is 2.13. The van der Waals surface area contributed by atoms with Crippen LogP contribution in [-0.4, -0.2) is 6.29 Å². The fraction of sp³-hybridized carbons (Fsp3) is 0.235. The number of hydrogen-bond donors (Lipinski definition) is 0. The molecule has 2 aromatic carbocycles. The molecule has 0 aliphatic rings. The second kappa shape index (κ2) is 5.45. The molecule has 2 aromatic rings. The van der Waals surface area contributed by atoms with E-state index in [1.54, 1.807) is 0 Å². The van der Waals surface area contributed by atoms with Crippen LogP contribution in [0.4, 0.5) is 4.39 Å². The maximum Gasteiger partial charge on any atom is 0.153 e. The van der Waals surface area contributed by atoms with Crippen molar-refractivity contribution in [2.24, 2.45) is 0 Å². The molecular formula is C17H17FO2. The Hall–Kier alpha value is -2.16. The quantitative estimate of drug-likeness (QED) is 0.755. The van der Waals surface area contributed by atoms with Crippen LogP contribution in [0, 0.1) is 5.82 Å². The van der Waals surface area contributed by atoms with Gasteiger partial charge in [-0.2, -0.15) is 0 Å². The molecule has 0 amide bonds. The second-order valence-electron chi connectivity index (χ2n) is 5.68. The predicted octanol–water partition coefficient (Wildman–Crippen LogP) is 4.73. The fourth-order valence-electron chi connectivity index (χ4n) is 1.85. The smallest absolute Gasteiger partial charge is 0.153 e. The van der Waals surface area contributed by atoms with Gasteiger partial charge in [0.15, 0.2) is 6.29 Å². The Morgan fingerprint density at radius 1 is 1.05 bits per heavy atom. The van der Waals surface area contributed by atoms with Gasteiger partial charge in [0.25, 0.3) is 0 Å². The van der Waals surface area contributed by atoms with Crippen molar-refractivity contribution in [3.63, 3.8) is 0 Å². The SMILES string of the molecule is CC(C)(C)c1ccc(Oc2ccc(F)cc2C=O)cc1. The van der Waals surface area contributed by atoms with Crippen molar-refractivity contribution < 1.29 is 13.9 Å². The summed E-state index contributed by atoms with van der Waals surface area (Å²) in [4.78, 5) is 10.9. The van der Waals surface area contributed by atoms with Crippen LogP contribution < -0.4 is 4.74 Å². The zero-order valence-electron chi connectivity index (χ0n) is 11.8. The van der Waals surface area contributed by atoms with Gasteiger partial charge in [-0.1, -0.05) is 32.9 Å². The molecule has 0 unspecified atom stereocenters. The van der Waals surface area contributed by atoms with Gasteiger partial charge in [-0.15, -0.1) is 0 Å². The molecule has 0 saturated carbocycles. The van der Waals surface area contributed by atoms with Gasteiger partial charge in [-0.05, 0) is 41.3 Å². The Labute approximate surface area is 118 Å². The first-order valence-corrected chi connectivity index (χ1v) is 6.43. The Kier molecular flexibility index (Phi) is 3.89. The van der Waals surface area contributed by atoms with Gasteiger partial charge in [0.1, 0.15) is 17.3 Å². The van der Waals surface area contributed by atoms with Crippen molar-refractivity contribution >= 4 is 6.29 Å². The normalized spacial score (nSPS) is 11.2. The average Bonchev–Trinajstić information content (AvgIpc) is 2.40. The molecule has 0 heterocycles. The summed E-state index contributed by atoms with van der Waals surface area (Å²) >= 11 is 0. The summed E-state index contributed by atoms with van der Waals surface area (Å²) in [5.74, 6) is 0.514. The molecule has 3 heteroatoms. The summed E-state index contributed by atoms with van der Waals surface area (Å²) < 4.78 is 18.7. The minimum absolute atomic E-state index is 0.0718. The van der Waals surface area contributed by atoms with Gasteiger partial charge in [-0.25, -0.2) is 4.39 Å². The molecule has 0 spiro atoms. The van der Waals surface area contributed by atoms with Gasteiger partial charge >= 0.3 is 0 Å². The molecule has 0 atom stereocenters. The summed E-state index contributed by atoms with van der Waals surface area (Å²) in [5.41, 5.74) is 1.46. The number of carbonyl (C=O) groups excluding carboxylic acids is 1. The molecule has 20 heavy (non-hydrogen) atoms. The summed E-state index contributed by atoms with van der Waals surface area (Å²) in [6.45, 7) is 6.40. The maximum atomic E-state index is 13.0. The van der Waals surface area contributed by atoms with E-state index in [2.05, 4.69) is 20.8 Å². The van der Waals surface area contributed by atoms with Crippen LogP contribution in [0.3, 0.4) is 0 Å². The predicted molar refractivity (Wildman–Crippen MR) is 77.0 cm³/mol. The Morgan fingerprint density at radius 2 is 1.70 bits per heavy atom. The summed E-state index contributed by atoms with van der Waals surface area (Å²) in [5, 5.41) is 0. The van der Waals surface area contributed by atoms with Crippen LogP contribution in [0.5, 0.6) is 11.5 Å². The highest BCUT2D eigenvalue weighted by atomic mass is 19.1. The molecular weight excluding hydrogens is 255 g/mol. The summed E-state index contributed by atoms with van der Waals surface area (Å²) in [7, 11) is 0. The van der Waals surface area contributed by atoms with E-state index in [1.807, 2.05) is 24.3 Å². The molecule has 0 aromatic heterocycles. The molecule has 0 aliphatic carbocycles. The molecule has 0 saturated heterocycles. The van der Waals surface area contributed by atoms with E-state index in [4.69, 9.17) is 4.74 Å². The Bertz CT molecular complexity index is 610. The minimum Gasteiger partial charge on any atom is -0.457 e. The lowest BCUT2D eigenvalue weighted by atomic mass is 9.87. The van der Waals surface area contributed by atoms with E-state index >= 15 is 0 Å². The number of halogens is 1. The molecule has 2 nitrogen and oxygen atoms in total. The molecule has 0 radical (unpaired) electrons. The second-order valence-corrected chi connectivity index (χ2v) is 5.68. The lowest BCUT2D eigenvalue weighted by Crippen LogP contribution is -2.10. The molecule has 0 aliphatic heterocycles. The Morgan fingerprint density at radius 3 is 2.25 bits per heavy atom. The van der Waals surface area contributed by atoms with Crippen molar-refractivity contribution in [1.82, 2.24) is 0 Å². The minimum atomic E-state index is -0.456. The van der Waals surface area contributed by atoms with Crippen LogP contribution in [0.15, 0.2) is 42.5 Å². The zero-order chi connectivity index (χ0) is 14.8. The van der Waals surface area contributed by atoms with E-state index in [0.717, 1.165) is 6.07 Å². The monoisotopic (exact) mass is 272 g/mol. The van der Waals surface area contributed by atoms with Crippen molar-refractivity contribution in [3.8, 4) is 11.5 Å². The topological polar surface area (TPSA) is 26.3 Å². The number of hydrogen-bond acceptors (Lipinski definition) is 2. The molecule has 104 valence electrons. The lowest BCUT2D eigenvalue weighted by Gasteiger charge is -2.19. The van der Waals surface area contributed by atoms with Gasteiger partial charge in [0, 0.05) is 0 Å². The summed E-state index contributed by atoms with van der Waals surface area (Å²) in [6, 6.07) is 11.5. The Balaban J connectivity index is 2.25. The first kappa shape index (κ1) is 14.3. The van der Waals surface area contributed by atoms with Crippen LogP contribution in [-0.2, 0) is 5.41 Å².